The summed E-state index contributed by atoms with van der Waals surface area (Å²) >= 11 is 0. The van der Waals surface area contributed by atoms with Crippen LogP contribution in [0.1, 0.15) is 93.6 Å². The molecule has 4 heterocycles. The van der Waals surface area contributed by atoms with Crippen LogP contribution in [0.25, 0.3) is 32.9 Å². The summed E-state index contributed by atoms with van der Waals surface area (Å²) in [4.78, 5) is 31.2. The van der Waals surface area contributed by atoms with Crippen molar-refractivity contribution in [1.29, 1.82) is 0 Å². The van der Waals surface area contributed by atoms with Gasteiger partial charge >= 0.3 is 12.1 Å². The van der Waals surface area contributed by atoms with Gasteiger partial charge in [0.15, 0.2) is 5.82 Å². The van der Waals surface area contributed by atoms with E-state index in [2.05, 4.69) is 63.0 Å². The van der Waals surface area contributed by atoms with Crippen LogP contribution < -0.4 is 9.64 Å². The van der Waals surface area contributed by atoms with Crippen LogP contribution in [0.15, 0.2) is 30.5 Å². The van der Waals surface area contributed by atoms with E-state index in [1.54, 1.807) is 6.07 Å². The zero-order chi connectivity index (χ0) is 41.2. The van der Waals surface area contributed by atoms with E-state index >= 15 is 8.78 Å². The first kappa shape index (κ1) is 40.6. The van der Waals surface area contributed by atoms with Gasteiger partial charge in [0.05, 0.1) is 36.2 Å². The second kappa shape index (κ2) is 15.0. The summed E-state index contributed by atoms with van der Waals surface area (Å²) in [7, 11) is -2.30. The van der Waals surface area contributed by atoms with Crippen molar-refractivity contribution in [2.75, 3.05) is 31.2 Å². The second-order valence-electron chi connectivity index (χ2n) is 18.3. The van der Waals surface area contributed by atoms with Gasteiger partial charge in [0.25, 0.3) is 0 Å². The number of rotatable bonds is 9. The SMILES string of the molecule is CC(C)[Si](C#Cc1c(F)ccc2cc(O)cc(-c3ncc4c(N5C[C@H]6CC[C@@H](C5)N6C(=O)OC(C)(C)C)nc(OCC5(CO)CC5)nc4c3F)c12)(C(C)C)C(C)C. The molecule has 0 radical (unpaired) electrons. The fourth-order valence-corrected chi connectivity index (χ4v) is 14.5. The molecule has 1 aliphatic carbocycles. The minimum absolute atomic E-state index is 0.0483. The number of phenolic OH excluding ortho intramolecular Hbond substituents is 1. The quantitative estimate of drug-likeness (QED) is 0.126. The van der Waals surface area contributed by atoms with E-state index in [1.807, 2.05) is 30.6 Å². The Morgan fingerprint density at radius 2 is 1.67 bits per heavy atom. The average Bonchev–Trinajstić information content (AvgIpc) is 3.87. The van der Waals surface area contributed by atoms with Crippen LogP contribution in [0.2, 0.25) is 16.6 Å². The normalized spacial score (nSPS) is 19.1. The van der Waals surface area contributed by atoms with E-state index in [9.17, 15) is 15.0 Å². The Hall–Kier alpha value is -4.54. The van der Waals surface area contributed by atoms with Crippen molar-refractivity contribution in [1.82, 2.24) is 19.9 Å². The molecule has 3 fully saturated rings. The third kappa shape index (κ3) is 7.51. The van der Waals surface area contributed by atoms with Gasteiger partial charge in [-0.1, -0.05) is 53.5 Å². The number of hydrogen-bond acceptors (Lipinski definition) is 9. The highest BCUT2D eigenvalue weighted by Gasteiger charge is 2.46. The smallest absolute Gasteiger partial charge is 0.410 e. The fraction of sp³-hybridized carbons (Fsp3) is 0.545. The number of amides is 1. The number of ether oxygens (including phenoxy) is 2. The molecule has 0 unspecified atom stereocenters. The van der Waals surface area contributed by atoms with Gasteiger partial charge in [-0.05, 0) is 86.7 Å². The van der Waals surface area contributed by atoms with Gasteiger partial charge in [0.1, 0.15) is 42.3 Å². The molecule has 2 N–H and O–H groups in total. The Bertz CT molecular complexity index is 2240. The summed E-state index contributed by atoms with van der Waals surface area (Å²) < 4.78 is 45.3. The van der Waals surface area contributed by atoms with Crippen LogP contribution >= 0.6 is 0 Å². The molecule has 2 aliphatic heterocycles. The number of piperazine rings is 1. The maximum atomic E-state index is 17.4. The van der Waals surface area contributed by atoms with Gasteiger partial charge in [-0.2, -0.15) is 9.97 Å². The average molecular weight is 800 g/mol. The molecule has 304 valence electrons. The summed E-state index contributed by atoms with van der Waals surface area (Å²) in [5.41, 5.74) is 3.64. The Morgan fingerprint density at radius 3 is 2.25 bits per heavy atom. The Kier molecular flexibility index (Phi) is 10.7. The van der Waals surface area contributed by atoms with Crippen LogP contribution in [-0.2, 0) is 4.74 Å². The first-order valence-electron chi connectivity index (χ1n) is 20.2. The molecule has 4 aromatic rings. The molecule has 57 heavy (non-hydrogen) atoms. The van der Waals surface area contributed by atoms with Gasteiger partial charge in [0, 0.05) is 35.7 Å². The molecule has 2 aromatic heterocycles. The van der Waals surface area contributed by atoms with E-state index in [0.717, 1.165) is 25.7 Å². The van der Waals surface area contributed by atoms with E-state index in [4.69, 9.17) is 14.5 Å². The van der Waals surface area contributed by atoms with Gasteiger partial charge in [-0.15, -0.1) is 5.54 Å². The van der Waals surface area contributed by atoms with Crippen LogP contribution in [0.4, 0.5) is 19.4 Å². The van der Waals surface area contributed by atoms with Gasteiger partial charge < -0.3 is 24.6 Å². The predicted molar refractivity (Wildman–Crippen MR) is 221 cm³/mol. The summed E-state index contributed by atoms with van der Waals surface area (Å²) in [5.74, 6) is 2.22. The number of aliphatic hydroxyl groups is 1. The van der Waals surface area contributed by atoms with Crippen LogP contribution in [0.3, 0.4) is 0 Å². The van der Waals surface area contributed by atoms with Crippen LogP contribution in [-0.4, -0.2) is 88.2 Å². The highest BCUT2D eigenvalue weighted by Crippen LogP contribution is 2.46. The zero-order valence-electron chi connectivity index (χ0n) is 34.5. The van der Waals surface area contributed by atoms with E-state index in [0.29, 0.717) is 51.7 Å². The number of carbonyl (C=O) groups excluding carboxylic acids is 1. The lowest BCUT2D eigenvalue weighted by atomic mass is 9.96. The number of aromatic hydroxyl groups is 1. The van der Waals surface area contributed by atoms with Crippen molar-refractivity contribution in [3.63, 3.8) is 0 Å². The maximum absolute atomic E-state index is 17.4. The fourth-order valence-electron chi connectivity index (χ4n) is 9.28. The number of aliphatic hydroxyl groups excluding tert-OH is 1. The number of carbonyl (C=O) groups is 1. The molecular weight excluding hydrogens is 745 g/mol. The van der Waals surface area contributed by atoms with E-state index in [-0.39, 0.29) is 70.9 Å². The number of pyridine rings is 1. The summed E-state index contributed by atoms with van der Waals surface area (Å²) in [6.07, 6.45) is 4.31. The molecule has 1 saturated carbocycles. The molecule has 10 nitrogen and oxygen atoms in total. The Labute approximate surface area is 335 Å². The number of phenols is 1. The number of nitrogens with zero attached hydrogens (tertiary/aromatic N) is 5. The van der Waals surface area contributed by atoms with E-state index in [1.165, 1.54) is 24.4 Å². The first-order valence-corrected chi connectivity index (χ1v) is 22.5. The second-order valence-corrected chi connectivity index (χ2v) is 23.9. The topological polar surface area (TPSA) is 121 Å². The molecule has 2 saturated heterocycles. The number of aromatic nitrogens is 3. The summed E-state index contributed by atoms with van der Waals surface area (Å²) in [6.45, 7) is 19.6. The third-order valence-corrected chi connectivity index (χ3v) is 18.7. The molecule has 1 amide bonds. The zero-order valence-corrected chi connectivity index (χ0v) is 35.5. The van der Waals surface area contributed by atoms with Gasteiger partial charge in [0.2, 0.25) is 0 Å². The van der Waals surface area contributed by atoms with Crippen molar-refractivity contribution >= 4 is 41.7 Å². The Balaban J connectivity index is 1.37. The van der Waals surface area contributed by atoms with Crippen molar-refractivity contribution < 1.29 is 33.3 Å². The third-order valence-electron chi connectivity index (χ3n) is 12.4. The maximum Gasteiger partial charge on any atom is 0.410 e. The molecule has 0 spiro atoms. The number of halogens is 2. The van der Waals surface area contributed by atoms with Crippen LogP contribution in [0.5, 0.6) is 11.8 Å². The van der Waals surface area contributed by atoms with E-state index < -0.39 is 25.3 Å². The van der Waals surface area contributed by atoms with Gasteiger partial charge in [-0.3, -0.25) is 9.88 Å². The number of hydrogen-bond donors (Lipinski definition) is 2. The number of anilines is 1. The lowest BCUT2D eigenvalue weighted by Crippen LogP contribution is -2.57. The highest BCUT2D eigenvalue weighted by molar-refractivity contribution is 6.90. The highest BCUT2D eigenvalue weighted by atomic mass is 28.3. The van der Waals surface area contributed by atoms with Gasteiger partial charge in [-0.25, -0.2) is 13.6 Å². The molecule has 2 aromatic carbocycles. The molecule has 2 bridgehead atoms. The monoisotopic (exact) mass is 799 g/mol. The lowest BCUT2D eigenvalue weighted by molar-refractivity contribution is 0.0122. The lowest BCUT2D eigenvalue weighted by Gasteiger charge is -2.42. The minimum atomic E-state index is -2.30. The number of fused-ring (bicyclic) bond motifs is 4. The van der Waals surface area contributed by atoms with Crippen LogP contribution in [0, 0.1) is 28.5 Å². The molecule has 3 aliphatic rings. The molecular formula is C44H55F2N5O5Si. The Morgan fingerprint density at radius 1 is 1.02 bits per heavy atom. The van der Waals surface area contributed by atoms with Crippen molar-refractivity contribution in [3.05, 3.63) is 47.7 Å². The minimum Gasteiger partial charge on any atom is -0.508 e. The summed E-state index contributed by atoms with van der Waals surface area (Å²) in [5, 5.41) is 22.1. The molecule has 13 heteroatoms. The largest absolute Gasteiger partial charge is 0.508 e. The molecule has 7 rings (SSSR count). The van der Waals surface area contributed by atoms with Crippen molar-refractivity contribution in [2.45, 2.75) is 122 Å². The molecule has 2 atom stereocenters. The van der Waals surface area contributed by atoms with Crippen molar-refractivity contribution in [3.8, 4) is 34.5 Å². The predicted octanol–water partition coefficient (Wildman–Crippen LogP) is 9.14. The summed E-state index contributed by atoms with van der Waals surface area (Å²) in [6, 6.07) is 5.46. The standard InChI is InChI=1S/C44H55F2N5O5Si/c1-25(2)57(26(3)4,27(5)6)17-14-32-35(45)13-10-28-18-31(53)19-33(36(28)32)38-37(46)39-34(20-47-38)40(49-41(48-39)55-24-44(23-52)15-16-44)50-21-29-11-12-30(22-50)51(29)42(54)56-43(7,8)9/h10,13,18-20,25-27,29-30,52-53H,11-12,15-16,21-24H2,1-9H3/t29-,30+. The first-order chi connectivity index (χ1) is 26.9. The number of benzene rings is 2. The van der Waals surface area contributed by atoms with Crippen molar-refractivity contribution in [2.24, 2.45) is 5.41 Å².